The predicted molar refractivity (Wildman–Crippen MR) is 110 cm³/mol. The minimum Gasteiger partial charge on any atom is -0.481 e. The van der Waals surface area contributed by atoms with Crippen molar-refractivity contribution in [3.63, 3.8) is 0 Å². The van der Waals surface area contributed by atoms with Crippen LogP contribution in [-0.2, 0) is 9.59 Å². The highest BCUT2D eigenvalue weighted by molar-refractivity contribution is 6.01. The number of carboxylic acids is 1. The van der Waals surface area contributed by atoms with E-state index in [1.54, 1.807) is 11.1 Å². The van der Waals surface area contributed by atoms with Crippen LogP contribution in [0, 0.1) is 17.8 Å². The van der Waals surface area contributed by atoms with Gasteiger partial charge in [-0.1, -0.05) is 40.3 Å². The van der Waals surface area contributed by atoms with Gasteiger partial charge in [0.15, 0.2) is 0 Å². The normalized spacial score (nSPS) is 21.0. The molecule has 1 aliphatic rings. The largest absolute Gasteiger partial charge is 0.481 e. The maximum absolute atomic E-state index is 12.6. The molecule has 0 aromatic carbocycles. The number of aliphatic carboxylic acids is 1. The number of carboxylic acid groups (broad SMARTS) is 1. The average molecular weight is 365 g/mol. The molecule has 3 atom stereocenters. The Labute approximate surface area is 159 Å². The lowest BCUT2D eigenvalue weighted by Crippen LogP contribution is -2.46. The molecule has 1 heterocycles. The maximum Gasteiger partial charge on any atom is 0.308 e. The number of carbonyl (C=O) groups excluding carboxylic acids is 1. The second kappa shape index (κ2) is 14.0. The van der Waals surface area contributed by atoms with E-state index in [-0.39, 0.29) is 24.3 Å². The summed E-state index contributed by atoms with van der Waals surface area (Å²) in [5, 5.41) is 9.20. The van der Waals surface area contributed by atoms with E-state index >= 15 is 0 Å². The van der Waals surface area contributed by atoms with Crippen molar-refractivity contribution in [3.8, 4) is 0 Å². The highest BCUT2D eigenvalue weighted by atomic mass is 16.4. The molecule has 1 fully saturated rings. The summed E-state index contributed by atoms with van der Waals surface area (Å²) in [6.45, 7) is 22.4. The van der Waals surface area contributed by atoms with Gasteiger partial charge >= 0.3 is 5.97 Å². The number of hydrogen-bond donors (Lipinski definition) is 1. The number of piperidine rings is 1. The van der Waals surface area contributed by atoms with Crippen LogP contribution in [0.15, 0.2) is 42.6 Å². The Kier molecular flexibility index (Phi) is 14.1. The van der Waals surface area contributed by atoms with E-state index < -0.39 is 11.9 Å². The summed E-state index contributed by atoms with van der Waals surface area (Å²) < 4.78 is 0. The van der Waals surface area contributed by atoms with Crippen LogP contribution in [0.5, 0.6) is 0 Å². The Hall–Kier alpha value is -2.17. The molecule has 1 N–H and O–H groups in total. The van der Waals surface area contributed by atoms with Crippen LogP contribution in [0.25, 0.3) is 0 Å². The molecule has 0 radical (unpaired) electrons. The molecule has 26 heavy (non-hydrogen) atoms. The molecule has 1 saturated heterocycles. The molecule has 3 unspecified atom stereocenters. The van der Waals surface area contributed by atoms with E-state index in [0.29, 0.717) is 18.5 Å². The molecule has 1 rings (SSSR count). The highest BCUT2D eigenvalue weighted by Gasteiger charge is 2.33. The van der Waals surface area contributed by atoms with Gasteiger partial charge in [-0.15, -0.1) is 13.2 Å². The summed E-state index contributed by atoms with van der Waals surface area (Å²) in [5.41, 5.74) is 1.28. The van der Waals surface area contributed by atoms with E-state index in [0.717, 1.165) is 5.71 Å². The van der Waals surface area contributed by atoms with Gasteiger partial charge in [0.2, 0.25) is 5.91 Å². The number of nitrogens with zero attached hydrogens (tertiary/aromatic N) is 2. The van der Waals surface area contributed by atoms with Gasteiger partial charge in [0, 0.05) is 36.5 Å². The SMILES string of the molecule is C=C.C=C(C(=O)N1CC(C)CC(C(=O)O)C1)C(C)C(C)=N/C=C\C.CC. The minimum atomic E-state index is -0.839. The molecular formula is C21H36N2O3. The molecule has 0 aliphatic carbocycles. The van der Waals surface area contributed by atoms with Crippen molar-refractivity contribution >= 4 is 17.6 Å². The summed E-state index contributed by atoms with van der Waals surface area (Å²) in [5.74, 6) is -1.48. The number of hydrogen-bond acceptors (Lipinski definition) is 3. The van der Waals surface area contributed by atoms with Crippen LogP contribution in [-0.4, -0.2) is 40.7 Å². The quantitative estimate of drug-likeness (QED) is 0.441. The van der Waals surface area contributed by atoms with Crippen LogP contribution in [0.4, 0.5) is 0 Å². The second-order valence-electron chi connectivity index (χ2n) is 6.09. The lowest BCUT2D eigenvalue weighted by Gasteiger charge is -2.35. The first-order chi connectivity index (χ1) is 12.3. The van der Waals surface area contributed by atoms with Gasteiger partial charge in [-0.05, 0) is 26.2 Å². The molecule has 0 aromatic heterocycles. The van der Waals surface area contributed by atoms with Crippen molar-refractivity contribution in [3.05, 3.63) is 37.6 Å². The van der Waals surface area contributed by atoms with Crippen molar-refractivity contribution in [2.75, 3.05) is 13.1 Å². The first kappa shape index (κ1) is 26.1. The molecule has 0 bridgehead atoms. The first-order valence-electron chi connectivity index (χ1n) is 9.14. The van der Waals surface area contributed by atoms with Crippen LogP contribution in [0.3, 0.4) is 0 Å². The minimum absolute atomic E-state index is 0.163. The second-order valence-corrected chi connectivity index (χ2v) is 6.09. The van der Waals surface area contributed by atoms with Crippen molar-refractivity contribution in [1.29, 1.82) is 0 Å². The zero-order valence-electron chi connectivity index (χ0n) is 17.3. The monoisotopic (exact) mass is 364 g/mol. The van der Waals surface area contributed by atoms with E-state index in [4.69, 9.17) is 0 Å². The zero-order chi connectivity index (χ0) is 20.9. The Morgan fingerprint density at radius 2 is 1.81 bits per heavy atom. The van der Waals surface area contributed by atoms with E-state index in [2.05, 4.69) is 24.7 Å². The number of rotatable bonds is 5. The number of carbonyl (C=O) groups is 2. The molecule has 0 spiro atoms. The van der Waals surface area contributed by atoms with Crippen molar-refractivity contribution < 1.29 is 14.7 Å². The molecule has 1 amide bonds. The zero-order valence-corrected chi connectivity index (χ0v) is 17.3. The fraction of sp³-hybridized carbons (Fsp3) is 0.571. The Morgan fingerprint density at radius 3 is 2.27 bits per heavy atom. The van der Waals surface area contributed by atoms with E-state index in [1.807, 2.05) is 47.6 Å². The maximum atomic E-state index is 12.6. The Morgan fingerprint density at radius 1 is 1.27 bits per heavy atom. The third-order valence-corrected chi connectivity index (χ3v) is 4.15. The van der Waals surface area contributed by atoms with Gasteiger partial charge in [-0.2, -0.15) is 0 Å². The van der Waals surface area contributed by atoms with Gasteiger partial charge in [0.1, 0.15) is 0 Å². The summed E-state index contributed by atoms with van der Waals surface area (Å²) in [6.07, 6.45) is 4.13. The molecule has 1 aliphatic heterocycles. The molecule has 0 saturated carbocycles. The number of amides is 1. The smallest absolute Gasteiger partial charge is 0.308 e. The van der Waals surface area contributed by atoms with Crippen molar-refractivity contribution in [2.45, 2.75) is 48.0 Å². The van der Waals surface area contributed by atoms with E-state index in [9.17, 15) is 14.7 Å². The molecule has 0 aromatic rings. The summed E-state index contributed by atoms with van der Waals surface area (Å²) >= 11 is 0. The molecular weight excluding hydrogens is 328 g/mol. The third-order valence-electron chi connectivity index (χ3n) is 4.15. The topological polar surface area (TPSA) is 70.0 Å². The molecule has 5 heteroatoms. The molecule has 5 nitrogen and oxygen atoms in total. The van der Waals surface area contributed by atoms with Crippen LogP contribution < -0.4 is 0 Å². The van der Waals surface area contributed by atoms with Gasteiger partial charge in [-0.25, -0.2) is 0 Å². The fourth-order valence-electron chi connectivity index (χ4n) is 2.64. The number of likely N-dealkylation sites (tertiary alicyclic amines) is 1. The predicted octanol–water partition coefficient (Wildman–Crippen LogP) is 4.57. The number of allylic oxidation sites excluding steroid dienone is 1. The lowest BCUT2D eigenvalue weighted by atomic mass is 9.89. The van der Waals surface area contributed by atoms with Gasteiger partial charge in [-0.3, -0.25) is 14.6 Å². The summed E-state index contributed by atoms with van der Waals surface area (Å²) in [6, 6.07) is 0. The fourth-order valence-corrected chi connectivity index (χ4v) is 2.64. The van der Waals surface area contributed by atoms with Gasteiger partial charge < -0.3 is 10.0 Å². The third kappa shape index (κ3) is 8.28. The molecule has 148 valence electrons. The average Bonchev–Trinajstić information content (AvgIpc) is 2.66. The van der Waals surface area contributed by atoms with Crippen LogP contribution >= 0.6 is 0 Å². The van der Waals surface area contributed by atoms with Crippen LogP contribution in [0.1, 0.15) is 48.0 Å². The van der Waals surface area contributed by atoms with E-state index in [1.165, 1.54) is 0 Å². The van der Waals surface area contributed by atoms with Crippen molar-refractivity contribution in [2.24, 2.45) is 22.7 Å². The first-order valence-corrected chi connectivity index (χ1v) is 9.14. The Bertz CT molecular complexity index is 523. The Balaban J connectivity index is 0. The standard InChI is InChI=1S/C17H26N2O3.C2H6.C2H4/c1-6-7-18-14(5)12(3)13(4)16(20)19-9-11(2)8-15(10-19)17(21)22;2*1-2/h6-7,11-12,15H,4,8-10H2,1-3,5H3,(H,21,22);1-2H3;1-2H2/b7-6-,18-14?;;. The van der Waals surface area contributed by atoms with Gasteiger partial charge in [0.05, 0.1) is 5.92 Å². The van der Waals surface area contributed by atoms with Gasteiger partial charge in [0.25, 0.3) is 0 Å². The summed E-state index contributed by atoms with van der Waals surface area (Å²) in [4.78, 5) is 29.7. The number of aliphatic imine (C=N–C) groups is 1. The van der Waals surface area contributed by atoms with Crippen molar-refractivity contribution in [1.82, 2.24) is 4.90 Å². The summed E-state index contributed by atoms with van der Waals surface area (Å²) in [7, 11) is 0. The van der Waals surface area contributed by atoms with Crippen LogP contribution in [0.2, 0.25) is 0 Å². The highest BCUT2D eigenvalue weighted by Crippen LogP contribution is 2.24. The lowest BCUT2D eigenvalue weighted by molar-refractivity contribution is -0.146.